The second-order valence-electron chi connectivity index (χ2n) is 10.8. The Labute approximate surface area is 215 Å². The molecule has 0 radical (unpaired) electrons. The second kappa shape index (κ2) is 13.6. The normalized spacial score (nSPS) is 13.6. The molecule has 1 rings (SSSR count). The van der Waals surface area contributed by atoms with E-state index in [9.17, 15) is 4.79 Å². The Hall–Kier alpha value is -1.60. The Kier molecular flexibility index (Phi) is 12.2. The molecule has 0 saturated heterocycles. The Bertz CT molecular complexity index is 803. The van der Waals surface area contributed by atoms with Gasteiger partial charge in [-0.2, -0.15) is 0 Å². The second-order valence-corrected chi connectivity index (χ2v) is 23.8. The van der Waals surface area contributed by atoms with Gasteiger partial charge in [-0.05, 0) is 87.5 Å². The van der Waals surface area contributed by atoms with Crippen LogP contribution in [0.4, 0.5) is 0 Å². The van der Waals surface area contributed by atoms with E-state index in [2.05, 4.69) is 53.1 Å². The molecule has 200 valence electrons. The maximum Gasteiger partial charge on any atom is 0.330 e. The Balaban J connectivity index is 2.75. The van der Waals surface area contributed by atoms with Crippen molar-refractivity contribution < 1.29 is 32.0 Å². The highest BCUT2D eigenvalue weighted by Gasteiger charge is 2.43. The van der Waals surface area contributed by atoms with Crippen molar-refractivity contribution in [2.45, 2.75) is 71.6 Å². The van der Waals surface area contributed by atoms with Crippen LogP contribution in [0, 0.1) is 5.92 Å². The summed E-state index contributed by atoms with van der Waals surface area (Å²) in [6.07, 6.45) is 3.86. The summed E-state index contributed by atoms with van der Waals surface area (Å²) in [4.78, 5) is 12.3. The summed E-state index contributed by atoms with van der Waals surface area (Å²) in [7, 11) is -1.18. The minimum absolute atomic E-state index is 0.334. The van der Waals surface area contributed by atoms with Crippen molar-refractivity contribution in [1.29, 1.82) is 0 Å². The third-order valence-electron chi connectivity index (χ3n) is 5.14. The van der Waals surface area contributed by atoms with Crippen LogP contribution in [-0.2, 0) is 17.8 Å². The van der Waals surface area contributed by atoms with Gasteiger partial charge in [0.1, 0.15) is 0 Å². The van der Waals surface area contributed by atoms with E-state index >= 15 is 0 Å². The standard InChI is InChI=1S/C25H46O7Si3/c1-12-35(31-33(6,7)8,32-34(9,10)11)19-20(2)15-16-30-24(26)14-13-21-17-22(27-3)25(29-5)23(18-21)28-4/h13-14,17-18,20H,12,15-16,19H2,1-11H3. The molecule has 0 aromatic heterocycles. The monoisotopic (exact) mass is 542 g/mol. The zero-order valence-corrected chi connectivity index (χ0v) is 26.6. The molecule has 0 fully saturated rings. The first-order chi connectivity index (χ1) is 16.2. The number of carbonyl (C=O) groups is 1. The van der Waals surface area contributed by atoms with Crippen molar-refractivity contribution in [1.82, 2.24) is 0 Å². The van der Waals surface area contributed by atoms with Crippen molar-refractivity contribution in [3.63, 3.8) is 0 Å². The molecule has 1 atom stereocenters. The lowest BCUT2D eigenvalue weighted by atomic mass is 10.1. The van der Waals surface area contributed by atoms with Crippen molar-refractivity contribution >= 4 is 37.2 Å². The van der Waals surface area contributed by atoms with Crippen molar-refractivity contribution in [2.24, 2.45) is 5.92 Å². The quantitative estimate of drug-likeness (QED) is 0.143. The lowest BCUT2D eigenvalue weighted by Gasteiger charge is -2.41. The molecule has 35 heavy (non-hydrogen) atoms. The summed E-state index contributed by atoms with van der Waals surface area (Å²) >= 11 is 0. The summed E-state index contributed by atoms with van der Waals surface area (Å²) in [5.41, 5.74) is 0.746. The number of hydrogen-bond acceptors (Lipinski definition) is 7. The number of esters is 1. The fourth-order valence-corrected chi connectivity index (χ4v) is 16.8. The van der Waals surface area contributed by atoms with Crippen LogP contribution in [0.3, 0.4) is 0 Å². The Morgan fingerprint density at radius 3 is 1.83 bits per heavy atom. The van der Waals surface area contributed by atoms with Crippen LogP contribution in [0.1, 0.15) is 25.8 Å². The minimum Gasteiger partial charge on any atom is -0.493 e. The first kappa shape index (κ1) is 31.4. The van der Waals surface area contributed by atoms with E-state index in [0.717, 1.165) is 24.1 Å². The Morgan fingerprint density at radius 1 is 0.914 bits per heavy atom. The van der Waals surface area contributed by atoms with E-state index in [-0.39, 0.29) is 5.97 Å². The summed E-state index contributed by atoms with van der Waals surface area (Å²) < 4.78 is 35.0. The molecule has 1 unspecified atom stereocenters. The van der Waals surface area contributed by atoms with Gasteiger partial charge in [0.15, 0.2) is 28.1 Å². The minimum atomic E-state index is -2.33. The number of ether oxygens (including phenoxy) is 4. The lowest BCUT2D eigenvalue weighted by Crippen LogP contribution is -2.55. The molecule has 0 aliphatic heterocycles. The topological polar surface area (TPSA) is 72.5 Å². The molecule has 0 N–H and O–H groups in total. The maximum absolute atomic E-state index is 12.3. The van der Waals surface area contributed by atoms with Gasteiger partial charge in [0.25, 0.3) is 0 Å². The predicted molar refractivity (Wildman–Crippen MR) is 150 cm³/mol. The molecule has 0 spiro atoms. The zero-order valence-electron chi connectivity index (χ0n) is 23.6. The van der Waals surface area contributed by atoms with Gasteiger partial charge < -0.3 is 27.2 Å². The molecule has 1 aromatic carbocycles. The number of hydrogen-bond donors (Lipinski definition) is 0. The Morgan fingerprint density at radius 2 is 1.43 bits per heavy atom. The molecule has 0 saturated carbocycles. The van der Waals surface area contributed by atoms with Gasteiger partial charge in [-0.1, -0.05) is 13.8 Å². The van der Waals surface area contributed by atoms with Crippen LogP contribution in [0.2, 0.25) is 51.4 Å². The SMILES string of the molecule is CC[Si](CC(C)CCOC(=O)C=Cc1cc(OC)c(OC)c(OC)c1)(O[Si](C)(C)C)O[Si](C)(C)C. The van der Waals surface area contributed by atoms with E-state index in [1.54, 1.807) is 39.5 Å². The van der Waals surface area contributed by atoms with Crippen LogP contribution in [0.25, 0.3) is 6.08 Å². The molecule has 0 aliphatic carbocycles. The first-order valence-electron chi connectivity index (χ1n) is 12.2. The predicted octanol–water partition coefficient (Wildman–Crippen LogP) is 6.46. The van der Waals surface area contributed by atoms with Gasteiger partial charge in [-0.15, -0.1) is 0 Å². The number of methoxy groups -OCH3 is 3. The number of rotatable bonds is 15. The average Bonchev–Trinajstić information content (AvgIpc) is 2.74. The summed E-state index contributed by atoms with van der Waals surface area (Å²) in [5.74, 6) is 1.51. The molecular formula is C25H46O7Si3. The summed E-state index contributed by atoms with van der Waals surface area (Å²) in [6, 6.07) is 5.40. The van der Waals surface area contributed by atoms with Crippen molar-refractivity contribution in [2.75, 3.05) is 27.9 Å². The molecule has 0 amide bonds. The fraction of sp³-hybridized carbons (Fsp3) is 0.640. The van der Waals surface area contributed by atoms with E-state index in [4.69, 9.17) is 27.2 Å². The summed E-state index contributed by atoms with van der Waals surface area (Å²) in [6.45, 7) is 18.1. The van der Waals surface area contributed by atoms with Crippen molar-refractivity contribution in [3.05, 3.63) is 23.8 Å². The highest BCUT2D eigenvalue weighted by atomic mass is 28.5. The van der Waals surface area contributed by atoms with Gasteiger partial charge in [0.05, 0.1) is 27.9 Å². The van der Waals surface area contributed by atoms with E-state index in [1.165, 1.54) is 6.08 Å². The third-order valence-corrected chi connectivity index (χ3v) is 15.4. The molecule has 1 aromatic rings. The highest BCUT2D eigenvalue weighted by Crippen LogP contribution is 2.38. The number of carbonyl (C=O) groups excluding carboxylic acids is 1. The highest BCUT2D eigenvalue weighted by molar-refractivity contribution is 6.88. The van der Waals surface area contributed by atoms with Gasteiger partial charge in [0, 0.05) is 6.08 Å². The number of benzene rings is 1. The van der Waals surface area contributed by atoms with Crippen LogP contribution >= 0.6 is 0 Å². The maximum atomic E-state index is 12.3. The third kappa shape index (κ3) is 11.3. The molecule has 0 aliphatic rings. The molecule has 7 nitrogen and oxygen atoms in total. The van der Waals surface area contributed by atoms with Gasteiger partial charge in [-0.3, -0.25) is 0 Å². The fourth-order valence-electron chi connectivity index (χ4n) is 3.91. The van der Waals surface area contributed by atoms with E-state index in [1.807, 2.05) is 0 Å². The van der Waals surface area contributed by atoms with Crippen LogP contribution in [0.15, 0.2) is 18.2 Å². The van der Waals surface area contributed by atoms with E-state index in [0.29, 0.717) is 29.8 Å². The van der Waals surface area contributed by atoms with Crippen molar-refractivity contribution in [3.8, 4) is 17.2 Å². The van der Waals surface area contributed by atoms with Crippen LogP contribution < -0.4 is 14.2 Å². The largest absolute Gasteiger partial charge is 0.493 e. The van der Waals surface area contributed by atoms with Gasteiger partial charge in [-0.25, -0.2) is 4.79 Å². The molecule has 10 heteroatoms. The molecule has 0 bridgehead atoms. The molecular weight excluding hydrogens is 497 g/mol. The van der Waals surface area contributed by atoms with Crippen LogP contribution in [0.5, 0.6) is 17.2 Å². The molecule has 0 heterocycles. The van der Waals surface area contributed by atoms with Crippen LogP contribution in [-0.4, -0.2) is 59.1 Å². The lowest BCUT2D eigenvalue weighted by molar-refractivity contribution is -0.137. The van der Waals surface area contributed by atoms with E-state index < -0.39 is 25.2 Å². The van der Waals surface area contributed by atoms with Gasteiger partial charge >= 0.3 is 14.5 Å². The smallest absolute Gasteiger partial charge is 0.330 e. The average molecular weight is 543 g/mol. The zero-order chi connectivity index (χ0) is 26.9. The first-order valence-corrected chi connectivity index (χ1v) is 21.3. The van der Waals surface area contributed by atoms with Gasteiger partial charge in [0.2, 0.25) is 5.75 Å². The summed E-state index contributed by atoms with van der Waals surface area (Å²) in [5, 5.41) is 0.